The van der Waals surface area contributed by atoms with E-state index in [4.69, 9.17) is 9.47 Å². The number of hydrogen-bond donors (Lipinski definition) is 1. The molecule has 0 aliphatic rings. The van der Waals surface area contributed by atoms with Gasteiger partial charge < -0.3 is 14.8 Å². The third kappa shape index (κ3) is 5.10. The van der Waals surface area contributed by atoms with Gasteiger partial charge in [-0.2, -0.15) is 0 Å². The Morgan fingerprint density at radius 2 is 1.61 bits per heavy atom. The summed E-state index contributed by atoms with van der Waals surface area (Å²) in [6.45, 7) is 2.01. The fourth-order valence-electron chi connectivity index (χ4n) is 2.07. The summed E-state index contributed by atoms with van der Waals surface area (Å²) < 4.78 is 10.6. The average molecular weight is 331 g/mol. The second kappa shape index (κ2) is 8.72. The summed E-state index contributed by atoms with van der Waals surface area (Å²) in [5.41, 5.74) is 1.90. The zero-order valence-electron chi connectivity index (χ0n) is 13.5. The molecule has 0 bridgehead atoms. The molecule has 4 nitrogen and oxygen atoms in total. The second-order valence-electron chi connectivity index (χ2n) is 5.05. The maximum Gasteiger partial charge on any atom is 0.243 e. The number of thioether (sulfide) groups is 1. The molecular weight excluding hydrogens is 310 g/mol. The Bertz CT molecular complexity index is 612. The summed E-state index contributed by atoms with van der Waals surface area (Å²) in [4.78, 5) is 13.7. The Morgan fingerprint density at radius 3 is 2.17 bits per heavy atom. The SMILES string of the molecule is COC(OC)C(Sc1ccccc1)C(=O)Nc1ccc(C)cc1. The smallest absolute Gasteiger partial charge is 0.243 e. The van der Waals surface area contributed by atoms with E-state index in [9.17, 15) is 4.79 Å². The van der Waals surface area contributed by atoms with Gasteiger partial charge in [-0.3, -0.25) is 4.79 Å². The van der Waals surface area contributed by atoms with Crippen LogP contribution in [-0.4, -0.2) is 31.7 Å². The number of rotatable bonds is 7. The van der Waals surface area contributed by atoms with E-state index in [0.717, 1.165) is 16.1 Å². The number of hydrogen-bond acceptors (Lipinski definition) is 4. The highest BCUT2D eigenvalue weighted by molar-refractivity contribution is 8.00. The minimum Gasteiger partial charge on any atom is -0.354 e. The number of aryl methyl sites for hydroxylation is 1. The quantitative estimate of drug-likeness (QED) is 0.620. The number of ether oxygens (including phenoxy) is 2. The first-order valence-electron chi connectivity index (χ1n) is 7.29. The van der Waals surface area contributed by atoms with Crippen molar-refractivity contribution in [1.82, 2.24) is 0 Å². The molecule has 0 spiro atoms. The first kappa shape index (κ1) is 17.5. The van der Waals surface area contributed by atoms with Crippen molar-refractivity contribution in [1.29, 1.82) is 0 Å². The molecule has 0 heterocycles. The highest BCUT2D eigenvalue weighted by Gasteiger charge is 2.29. The van der Waals surface area contributed by atoms with Crippen molar-refractivity contribution in [3.63, 3.8) is 0 Å². The van der Waals surface area contributed by atoms with Crippen molar-refractivity contribution in [3.8, 4) is 0 Å². The predicted molar refractivity (Wildman–Crippen MR) is 93.7 cm³/mol. The minimum absolute atomic E-state index is 0.156. The molecular formula is C18H21NO3S. The van der Waals surface area contributed by atoms with Crippen LogP contribution in [0.5, 0.6) is 0 Å². The molecule has 122 valence electrons. The lowest BCUT2D eigenvalue weighted by molar-refractivity contribution is -0.132. The van der Waals surface area contributed by atoms with Crippen LogP contribution >= 0.6 is 11.8 Å². The molecule has 0 radical (unpaired) electrons. The third-order valence-corrected chi connectivity index (χ3v) is 4.53. The van der Waals surface area contributed by atoms with Gasteiger partial charge in [-0.05, 0) is 31.2 Å². The van der Waals surface area contributed by atoms with E-state index in [-0.39, 0.29) is 5.91 Å². The topological polar surface area (TPSA) is 47.6 Å². The van der Waals surface area contributed by atoms with Gasteiger partial charge in [0.2, 0.25) is 5.91 Å². The number of carbonyl (C=O) groups excluding carboxylic acids is 1. The molecule has 1 amide bonds. The minimum atomic E-state index is -0.634. The summed E-state index contributed by atoms with van der Waals surface area (Å²) >= 11 is 1.41. The van der Waals surface area contributed by atoms with Gasteiger partial charge >= 0.3 is 0 Å². The largest absolute Gasteiger partial charge is 0.354 e. The Hall–Kier alpha value is -1.82. The molecule has 0 fully saturated rings. The van der Waals surface area contributed by atoms with Crippen LogP contribution in [0.3, 0.4) is 0 Å². The van der Waals surface area contributed by atoms with Crippen LogP contribution in [0.15, 0.2) is 59.5 Å². The monoisotopic (exact) mass is 331 g/mol. The summed E-state index contributed by atoms with van der Waals surface area (Å²) in [6, 6.07) is 17.4. The van der Waals surface area contributed by atoms with Crippen molar-refractivity contribution in [2.75, 3.05) is 19.5 Å². The zero-order chi connectivity index (χ0) is 16.7. The van der Waals surface area contributed by atoms with Crippen LogP contribution < -0.4 is 5.32 Å². The Labute approximate surface area is 141 Å². The molecule has 1 atom stereocenters. The molecule has 2 aromatic rings. The van der Waals surface area contributed by atoms with Gasteiger partial charge in [0.1, 0.15) is 5.25 Å². The number of methoxy groups -OCH3 is 2. The van der Waals surface area contributed by atoms with Gasteiger partial charge in [0.25, 0.3) is 0 Å². The number of anilines is 1. The summed E-state index contributed by atoms with van der Waals surface area (Å²) in [5.74, 6) is -0.156. The standard InChI is InChI=1S/C18H21NO3S/c1-13-9-11-14(12-10-13)19-17(20)16(18(21-2)22-3)23-15-7-5-4-6-8-15/h4-12,16,18H,1-3H3,(H,19,20). The zero-order valence-corrected chi connectivity index (χ0v) is 14.3. The average Bonchev–Trinajstić information content (AvgIpc) is 2.58. The molecule has 5 heteroatoms. The molecule has 0 aromatic heterocycles. The maximum absolute atomic E-state index is 12.7. The highest BCUT2D eigenvalue weighted by atomic mass is 32.2. The third-order valence-electron chi connectivity index (χ3n) is 3.30. The Balaban J connectivity index is 2.15. The first-order chi connectivity index (χ1) is 11.1. The van der Waals surface area contributed by atoms with Crippen LogP contribution in [0.2, 0.25) is 0 Å². The molecule has 0 saturated heterocycles. The maximum atomic E-state index is 12.7. The van der Waals surface area contributed by atoms with Crippen molar-refractivity contribution >= 4 is 23.4 Å². The first-order valence-corrected chi connectivity index (χ1v) is 8.17. The van der Waals surface area contributed by atoms with Gasteiger partial charge in [0, 0.05) is 24.8 Å². The Morgan fingerprint density at radius 1 is 1.00 bits per heavy atom. The van der Waals surface area contributed by atoms with Crippen molar-refractivity contribution in [2.45, 2.75) is 23.4 Å². The molecule has 1 N–H and O–H groups in total. The van der Waals surface area contributed by atoms with Gasteiger partial charge in [0.05, 0.1) is 0 Å². The normalized spacial score (nSPS) is 12.2. The number of nitrogens with one attached hydrogen (secondary N) is 1. The van der Waals surface area contributed by atoms with E-state index < -0.39 is 11.5 Å². The fourth-order valence-corrected chi connectivity index (χ4v) is 3.18. The molecule has 2 rings (SSSR count). The van der Waals surface area contributed by atoms with Crippen LogP contribution in [0.4, 0.5) is 5.69 Å². The van der Waals surface area contributed by atoms with Crippen LogP contribution in [0.25, 0.3) is 0 Å². The van der Waals surface area contributed by atoms with Crippen molar-refractivity contribution < 1.29 is 14.3 Å². The molecule has 0 aliphatic heterocycles. The van der Waals surface area contributed by atoms with E-state index in [0.29, 0.717) is 0 Å². The van der Waals surface area contributed by atoms with Crippen LogP contribution in [0, 0.1) is 6.92 Å². The van der Waals surface area contributed by atoms with Crippen molar-refractivity contribution in [2.24, 2.45) is 0 Å². The van der Waals surface area contributed by atoms with Crippen LogP contribution in [0.1, 0.15) is 5.56 Å². The summed E-state index contributed by atoms with van der Waals surface area (Å²) in [5, 5.41) is 2.40. The summed E-state index contributed by atoms with van der Waals surface area (Å²) in [7, 11) is 3.07. The molecule has 0 aliphatic carbocycles. The van der Waals surface area contributed by atoms with E-state index >= 15 is 0 Å². The number of amides is 1. The van der Waals surface area contributed by atoms with E-state index in [1.807, 2.05) is 61.5 Å². The van der Waals surface area contributed by atoms with Gasteiger partial charge in [-0.25, -0.2) is 0 Å². The van der Waals surface area contributed by atoms with Gasteiger partial charge in [-0.15, -0.1) is 11.8 Å². The number of carbonyl (C=O) groups is 1. The van der Waals surface area contributed by atoms with Gasteiger partial charge in [0.15, 0.2) is 6.29 Å². The molecule has 23 heavy (non-hydrogen) atoms. The lowest BCUT2D eigenvalue weighted by Gasteiger charge is -2.23. The van der Waals surface area contributed by atoms with E-state index in [1.54, 1.807) is 0 Å². The lowest BCUT2D eigenvalue weighted by Crippen LogP contribution is -2.38. The summed E-state index contributed by atoms with van der Waals surface area (Å²) in [6.07, 6.45) is -0.634. The molecule has 1 unspecified atom stereocenters. The van der Waals surface area contributed by atoms with E-state index in [2.05, 4.69) is 5.32 Å². The van der Waals surface area contributed by atoms with Crippen LogP contribution in [-0.2, 0) is 14.3 Å². The molecule has 0 saturated carbocycles. The second-order valence-corrected chi connectivity index (χ2v) is 6.26. The number of benzene rings is 2. The van der Waals surface area contributed by atoms with E-state index in [1.165, 1.54) is 26.0 Å². The fraction of sp³-hybridized carbons (Fsp3) is 0.278. The lowest BCUT2D eigenvalue weighted by atomic mass is 10.2. The Kier molecular flexibility index (Phi) is 6.65. The van der Waals surface area contributed by atoms with Crippen molar-refractivity contribution in [3.05, 3.63) is 60.2 Å². The van der Waals surface area contributed by atoms with Gasteiger partial charge in [-0.1, -0.05) is 35.9 Å². The molecule has 2 aromatic carbocycles. The predicted octanol–water partition coefficient (Wildman–Crippen LogP) is 3.71. The highest BCUT2D eigenvalue weighted by Crippen LogP contribution is 2.28.